The molecule has 0 aliphatic carbocycles. The van der Waals surface area contributed by atoms with Gasteiger partial charge in [-0.25, -0.2) is 0 Å². The minimum Gasteiger partial charge on any atom is -0.297 e. The van der Waals surface area contributed by atoms with Crippen LogP contribution in [-0.4, -0.2) is 6.29 Å². The van der Waals surface area contributed by atoms with Gasteiger partial charge in [0.05, 0.1) is 4.88 Å². The zero-order chi connectivity index (χ0) is 9.42. The molecule has 0 saturated carbocycles. The van der Waals surface area contributed by atoms with Gasteiger partial charge in [-0.2, -0.15) is 0 Å². The molecule has 0 fully saturated rings. The Hall–Kier alpha value is -0.860. The molecule has 0 unspecified atom stereocenters. The molecular formula is C10H7ClOS. The number of hydrogen-bond acceptors (Lipinski definition) is 2. The summed E-state index contributed by atoms with van der Waals surface area (Å²) in [5.74, 6) is 0. The van der Waals surface area contributed by atoms with E-state index in [4.69, 9.17) is 11.6 Å². The zero-order valence-electron chi connectivity index (χ0n) is 7.00. The first-order chi connectivity index (χ1) is 6.22. The lowest BCUT2D eigenvalue weighted by Crippen LogP contribution is -1.74. The first-order valence-electron chi connectivity index (χ1n) is 3.86. The molecule has 0 saturated heterocycles. The number of benzene rings is 1. The lowest BCUT2D eigenvalue weighted by atomic mass is 10.1. The quantitative estimate of drug-likeness (QED) is 0.657. The van der Waals surface area contributed by atoms with E-state index in [9.17, 15) is 4.79 Å². The van der Waals surface area contributed by atoms with Crippen molar-refractivity contribution in [1.82, 2.24) is 0 Å². The van der Waals surface area contributed by atoms with Crippen LogP contribution in [0, 0.1) is 6.92 Å². The number of rotatable bonds is 1. The van der Waals surface area contributed by atoms with E-state index in [-0.39, 0.29) is 0 Å². The van der Waals surface area contributed by atoms with Gasteiger partial charge in [0.2, 0.25) is 0 Å². The van der Waals surface area contributed by atoms with Crippen molar-refractivity contribution in [2.45, 2.75) is 6.92 Å². The fourth-order valence-electron chi connectivity index (χ4n) is 1.30. The average Bonchev–Trinajstić information content (AvgIpc) is 2.55. The van der Waals surface area contributed by atoms with Gasteiger partial charge >= 0.3 is 0 Å². The van der Waals surface area contributed by atoms with Crippen LogP contribution in [0.15, 0.2) is 18.2 Å². The second-order valence-electron chi connectivity index (χ2n) is 2.85. The number of thiophene rings is 1. The van der Waals surface area contributed by atoms with Crippen LogP contribution in [0.2, 0.25) is 5.02 Å². The first kappa shape index (κ1) is 8.73. The van der Waals surface area contributed by atoms with Crippen molar-refractivity contribution in [1.29, 1.82) is 0 Å². The van der Waals surface area contributed by atoms with E-state index in [0.717, 1.165) is 31.8 Å². The number of aryl methyl sites for hydroxylation is 1. The molecule has 0 N–H and O–H groups in total. The summed E-state index contributed by atoms with van der Waals surface area (Å²) in [5, 5.41) is 1.84. The van der Waals surface area contributed by atoms with Crippen LogP contribution in [0.25, 0.3) is 10.1 Å². The summed E-state index contributed by atoms with van der Waals surface area (Å²) in [7, 11) is 0. The third kappa shape index (κ3) is 1.36. The SMILES string of the molecule is Cc1c(Cl)ccc2sc(C=O)cc12. The molecule has 1 aromatic carbocycles. The highest BCUT2D eigenvalue weighted by atomic mass is 35.5. The van der Waals surface area contributed by atoms with Gasteiger partial charge in [-0.05, 0) is 36.1 Å². The maximum atomic E-state index is 10.5. The molecule has 0 aliphatic rings. The topological polar surface area (TPSA) is 17.1 Å². The second-order valence-corrected chi connectivity index (χ2v) is 4.37. The summed E-state index contributed by atoms with van der Waals surface area (Å²) in [6.45, 7) is 1.96. The highest BCUT2D eigenvalue weighted by Gasteiger charge is 2.05. The van der Waals surface area contributed by atoms with E-state index in [1.165, 1.54) is 11.3 Å². The maximum absolute atomic E-state index is 10.5. The Balaban J connectivity index is 2.83. The fraction of sp³-hybridized carbons (Fsp3) is 0.100. The number of carbonyl (C=O) groups excluding carboxylic acids is 1. The van der Waals surface area contributed by atoms with Crippen molar-refractivity contribution < 1.29 is 4.79 Å². The Bertz CT molecular complexity index is 473. The molecule has 1 nitrogen and oxygen atoms in total. The van der Waals surface area contributed by atoms with Crippen molar-refractivity contribution in [3.05, 3.63) is 33.7 Å². The van der Waals surface area contributed by atoms with Crippen LogP contribution in [0.3, 0.4) is 0 Å². The van der Waals surface area contributed by atoms with Crippen LogP contribution >= 0.6 is 22.9 Å². The first-order valence-corrected chi connectivity index (χ1v) is 5.05. The van der Waals surface area contributed by atoms with Crippen LogP contribution in [0.4, 0.5) is 0 Å². The standard InChI is InChI=1S/C10H7ClOS/c1-6-8-4-7(5-12)13-10(8)3-2-9(6)11/h2-5H,1H3. The van der Waals surface area contributed by atoms with E-state index < -0.39 is 0 Å². The van der Waals surface area contributed by atoms with E-state index in [2.05, 4.69) is 0 Å². The third-order valence-corrected chi connectivity index (χ3v) is 3.47. The molecular weight excluding hydrogens is 204 g/mol. The number of fused-ring (bicyclic) bond motifs is 1. The second kappa shape index (κ2) is 3.13. The zero-order valence-corrected chi connectivity index (χ0v) is 8.58. The summed E-state index contributed by atoms with van der Waals surface area (Å²) in [5.41, 5.74) is 1.04. The lowest BCUT2D eigenvalue weighted by Gasteiger charge is -1.97. The minimum absolute atomic E-state index is 0.750. The normalized spacial score (nSPS) is 10.6. The summed E-state index contributed by atoms with van der Waals surface area (Å²) in [4.78, 5) is 11.3. The van der Waals surface area contributed by atoms with Crippen molar-refractivity contribution in [2.24, 2.45) is 0 Å². The monoisotopic (exact) mass is 210 g/mol. The molecule has 1 aromatic heterocycles. The van der Waals surface area contributed by atoms with Gasteiger partial charge in [0.15, 0.2) is 6.29 Å². The van der Waals surface area contributed by atoms with E-state index >= 15 is 0 Å². The highest BCUT2D eigenvalue weighted by molar-refractivity contribution is 7.20. The van der Waals surface area contributed by atoms with E-state index in [0.29, 0.717) is 0 Å². The number of aldehydes is 1. The molecule has 2 rings (SSSR count). The van der Waals surface area contributed by atoms with Gasteiger partial charge < -0.3 is 0 Å². The molecule has 1 heterocycles. The molecule has 66 valence electrons. The molecule has 13 heavy (non-hydrogen) atoms. The largest absolute Gasteiger partial charge is 0.297 e. The summed E-state index contributed by atoms with van der Waals surface area (Å²) in [6.07, 6.45) is 0.873. The van der Waals surface area contributed by atoms with Gasteiger partial charge in [-0.3, -0.25) is 4.79 Å². The summed E-state index contributed by atoms with van der Waals surface area (Å²) in [6, 6.07) is 5.70. The maximum Gasteiger partial charge on any atom is 0.160 e. The predicted molar refractivity (Wildman–Crippen MR) is 57.0 cm³/mol. The minimum atomic E-state index is 0.750. The Labute approximate surface area is 84.9 Å². The van der Waals surface area contributed by atoms with Crippen LogP contribution in [0.5, 0.6) is 0 Å². The highest BCUT2D eigenvalue weighted by Crippen LogP contribution is 2.31. The number of carbonyl (C=O) groups is 1. The Morgan fingerprint density at radius 3 is 2.92 bits per heavy atom. The average molecular weight is 211 g/mol. The molecule has 0 atom stereocenters. The van der Waals surface area contributed by atoms with Crippen molar-refractivity contribution in [2.75, 3.05) is 0 Å². The molecule has 0 bridgehead atoms. The Morgan fingerprint density at radius 1 is 1.46 bits per heavy atom. The molecule has 0 radical (unpaired) electrons. The molecule has 0 spiro atoms. The van der Waals surface area contributed by atoms with Gasteiger partial charge in [0.1, 0.15) is 0 Å². The third-order valence-electron chi connectivity index (χ3n) is 2.04. The smallest absolute Gasteiger partial charge is 0.160 e. The molecule has 2 aromatic rings. The van der Waals surface area contributed by atoms with Crippen molar-refractivity contribution >= 4 is 39.3 Å². The lowest BCUT2D eigenvalue weighted by molar-refractivity contribution is 0.112. The summed E-state index contributed by atoms with van der Waals surface area (Å²) < 4.78 is 1.11. The van der Waals surface area contributed by atoms with Crippen molar-refractivity contribution in [3.63, 3.8) is 0 Å². The van der Waals surface area contributed by atoms with Gasteiger partial charge in [-0.15, -0.1) is 11.3 Å². The fourth-order valence-corrected chi connectivity index (χ4v) is 2.40. The van der Waals surface area contributed by atoms with Crippen LogP contribution in [0.1, 0.15) is 15.2 Å². The molecule has 3 heteroatoms. The number of hydrogen-bond donors (Lipinski definition) is 0. The number of halogens is 1. The molecule has 0 amide bonds. The Kier molecular flexibility index (Phi) is 2.10. The van der Waals surface area contributed by atoms with Gasteiger partial charge in [0, 0.05) is 9.72 Å². The predicted octanol–water partition coefficient (Wildman–Crippen LogP) is 3.68. The van der Waals surface area contributed by atoms with Crippen molar-refractivity contribution in [3.8, 4) is 0 Å². The van der Waals surface area contributed by atoms with E-state index in [1.54, 1.807) is 0 Å². The van der Waals surface area contributed by atoms with Gasteiger partial charge in [-0.1, -0.05) is 11.6 Å². The van der Waals surface area contributed by atoms with Gasteiger partial charge in [0.25, 0.3) is 0 Å². The van der Waals surface area contributed by atoms with E-state index in [1.807, 2.05) is 25.1 Å². The van der Waals surface area contributed by atoms with Crippen LogP contribution in [-0.2, 0) is 0 Å². The van der Waals surface area contributed by atoms with Crippen LogP contribution < -0.4 is 0 Å². The Morgan fingerprint density at radius 2 is 2.23 bits per heavy atom. The molecule has 0 aliphatic heterocycles. The summed E-state index contributed by atoms with van der Waals surface area (Å²) >= 11 is 7.45.